The molecule has 53 valence electrons. The zero-order chi connectivity index (χ0) is 7.23. The minimum absolute atomic E-state index is 0.537. The van der Waals surface area contributed by atoms with Gasteiger partial charge in [-0.3, -0.25) is 0 Å². The normalized spacial score (nSPS) is 9.70. The molecule has 0 fully saturated rings. The molecule has 0 saturated carbocycles. The van der Waals surface area contributed by atoms with Crippen molar-refractivity contribution in [3.8, 4) is 0 Å². The summed E-state index contributed by atoms with van der Waals surface area (Å²) in [5.41, 5.74) is 1.20. The molecule has 0 aliphatic carbocycles. The third-order valence-electron chi connectivity index (χ3n) is 1.26. The molecule has 1 aromatic carbocycles. The SMILES string of the molecule is [CH2]COCc1ccccc1. The number of benzene rings is 1. The maximum Gasteiger partial charge on any atom is 0.0716 e. The summed E-state index contributed by atoms with van der Waals surface area (Å²) >= 11 is 0. The van der Waals surface area contributed by atoms with Gasteiger partial charge in [-0.15, -0.1) is 0 Å². The van der Waals surface area contributed by atoms with Crippen LogP contribution in [0, 0.1) is 6.92 Å². The molecule has 0 heterocycles. The average Bonchev–Trinajstić information content (AvgIpc) is 2.03. The van der Waals surface area contributed by atoms with Gasteiger partial charge in [0.05, 0.1) is 6.61 Å². The molecule has 0 aliphatic rings. The molecular formula is C9H11O. The molecule has 0 bridgehead atoms. The highest BCUT2D eigenvalue weighted by Crippen LogP contribution is 1.99. The number of hydrogen-bond acceptors (Lipinski definition) is 1. The molecule has 0 atom stereocenters. The van der Waals surface area contributed by atoms with Gasteiger partial charge in [-0.05, 0) is 12.5 Å². The molecule has 1 rings (SSSR count). The highest BCUT2D eigenvalue weighted by molar-refractivity contribution is 5.13. The Morgan fingerprint density at radius 2 is 1.90 bits per heavy atom. The van der Waals surface area contributed by atoms with Crippen LogP contribution in [0.1, 0.15) is 5.56 Å². The van der Waals surface area contributed by atoms with Crippen LogP contribution < -0.4 is 0 Å². The first-order valence-corrected chi connectivity index (χ1v) is 3.34. The van der Waals surface area contributed by atoms with Crippen molar-refractivity contribution in [1.29, 1.82) is 0 Å². The van der Waals surface area contributed by atoms with Crippen molar-refractivity contribution < 1.29 is 4.74 Å². The largest absolute Gasteiger partial charge is 0.377 e. The Kier molecular flexibility index (Phi) is 2.97. The van der Waals surface area contributed by atoms with Crippen molar-refractivity contribution in [1.82, 2.24) is 0 Å². The number of rotatable bonds is 3. The molecular weight excluding hydrogens is 124 g/mol. The Balaban J connectivity index is 2.43. The van der Waals surface area contributed by atoms with E-state index in [1.807, 2.05) is 30.3 Å². The summed E-state index contributed by atoms with van der Waals surface area (Å²) < 4.78 is 5.11. The summed E-state index contributed by atoms with van der Waals surface area (Å²) in [7, 11) is 0. The third kappa shape index (κ3) is 2.19. The summed E-state index contributed by atoms with van der Waals surface area (Å²) in [6, 6.07) is 10.1. The van der Waals surface area contributed by atoms with E-state index in [4.69, 9.17) is 4.74 Å². The predicted octanol–water partition coefficient (Wildman–Crippen LogP) is 2.04. The van der Waals surface area contributed by atoms with Gasteiger partial charge in [-0.2, -0.15) is 0 Å². The van der Waals surface area contributed by atoms with E-state index in [2.05, 4.69) is 6.92 Å². The van der Waals surface area contributed by atoms with E-state index >= 15 is 0 Å². The molecule has 0 amide bonds. The molecule has 0 aliphatic heterocycles. The van der Waals surface area contributed by atoms with Crippen LogP contribution in [-0.4, -0.2) is 6.61 Å². The van der Waals surface area contributed by atoms with E-state index in [1.54, 1.807) is 0 Å². The van der Waals surface area contributed by atoms with E-state index in [9.17, 15) is 0 Å². The van der Waals surface area contributed by atoms with E-state index in [0.29, 0.717) is 13.2 Å². The van der Waals surface area contributed by atoms with Crippen LogP contribution in [0.2, 0.25) is 0 Å². The Labute approximate surface area is 61.6 Å². The first-order valence-electron chi connectivity index (χ1n) is 3.34. The zero-order valence-corrected chi connectivity index (χ0v) is 5.92. The van der Waals surface area contributed by atoms with Gasteiger partial charge in [0, 0.05) is 6.61 Å². The maximum absolute atomic E-state index is 5.11. The van der Waals surface area contributed by atoms with Crippen LogP contribution >= 0.6 is 0 Å². The summed E-state index contributed by atoms with van der Waals surface area (Å²) in [6.45, 7) is 4.79. The number of ether oxygens (including phenoxy) is 1. The second kappa shape index (κ2) is 4.07. The quantitative estimate of drug-likeness (QED) is 0.616. The Morgan fingerprint density at radius 3 is 2.50 bits per heavy atom. The highest BCUT2D eigenvalue weighted by atomic mass is 16.5. The van der Waals surface area contributed by atoms with E-state index in [1.165, 1.54) is 5.56 Å². The molecule has 1 nitrogen and oxygen atoms in total. The third-order valence-corrected chi connectivity index (χ3v) is 1.26. The molecule has 0 N–H and O–H groups in total. The Hall–Kier alpha value is -0.820. The molecule has 0 aromatic heterocycles. The second-order valence-electron chi connectivity index (χ2n) is 2.04. The molecule has 0 spiro atoms. The number of hydrogen-bond donors (Lipinski definition) is 0. The minimum Gasteiger partial charge on any atom is -0.377 e. The fourth-order valence-corrected chi connectivity index (χ4v) is 0.764. The molecule has 1 aromatic rings. The predicted molar refractivity (Wildman–Crippen MR) is 41.5 cm³/mol. The van der Waals surface area contributed by atoms with Crippen LogP contribution in [0.3, 0.4) is 0 Å². The van der Waals surface area contributed by atoms with Crippen molar-refractivity contribution in [2.75, 3.05) is 6.61 Å². The molecule has 1 radical (unpaired) electrons. The molecule has 1 heteroatoms. The summed E-state index contributed by atoms with van der Waals surface area (Å²) in [6.07, 6.45) is 0. The van der Waals surface area contributed by atoms with Gasteiger partial charge in [0.1, 0.15) is 0 Å². The zero-order valence-electron chi connectivity index (χ0n) is 5.92. The van der Waals surface area contributed by atoms with Crippen LogP contribution in [0.15, 0.2) is 30.3 Å². The van der Waals surface area contributed by atoms with Gasteiger partial charge in [-0.1, -0.05) is 30.3 Å². The van der Waals surface area contributed by atoms with Gasteiger partial charge in [-0.25, -0.2) is 0 Å². The summed E-state index contributed by atoms with van der Waals surface area (Å²) in [4.78, 5) is 0. The van der Waals surface area contributed by atoms with Gasteiger partial charge >= 0.3 is 0 Å². The Morgan fingerprint density at radius 1 is 1.20 bits per heavy atom. The van der Waals surface area contributed by atoms with Gasteiger partial charge in [0.25, 0.3) is 0 Å². The van der Waals surface area contributed by atoms with Crippen LogP contribution in [-0.2, 0) is 11.3 Å². The second-order valence-corrected chi connectivity index (χ2v) is 2.04. The lowest BCUT2D eigenvalue weighted by Crippen LogP contribution is -1.90. The van der Waals surface area contributed by atoms with Crippen molar-refractivity contribution in [3.63, 3.8) is 0 Å². The lowest BCUT2D eigenvalue weighted by atomic mass is 10.2. The topological polar surface area (TPSA) is 9.23 Å². The Bertz CT molecular complexity index is 169. The lowest BCUT2D eigenvalue weighted by Gasteiger charge is -1.98. The fourth-order valence-electron chi connectivity index (χ4n) is 0.764. The van der Waals surface area contributed by atoms with E-state index in [-0.39, 0.29) is 0 Å². The summed E-state index contributed by atoms with van der Waals surface area (Å²) in [5, 5.41) is 0. The monoisotopic (exact) mass is 135 g/mol. The molecule has 10 heavy (non-hydrogen) atoms. The van der Waals surface area contributed by atoms with Gasteiger partial charge < -0.3 is 4.74 Å². The van der Waals surface area contributed by atoms with Crippen molar-refractivity contribution >= 4 is 0 Å². The standard InChI is InChI=1S/C9H11O/c1-2-10-8-9-6-4-3-5-7-9/h3-7H,1-2,8H2. The van der Waals surface area contributed by atoms with Crippen LogP contribution in [0.25, 0.3) is 0 Å². The molecule has 0 saturated heterocycles. The van der Waals surface area contributed by atoms with E-state index < -0.39 is 0 Å². The van der Waals surface area contributed by atoms with Crippen LogP contribution in [0.4, 0.5) is 0 Å². The highest BCUT2D eigenvalue weighted by Gasteiger charge is 1.86. The van der Waals surface area contributed by atoms with Gasteiger partial charge in [0.2, 0.25) is 0 Å². The average molecular weight is 135 g/mol. The van der Waals surface area contributed by atoms with Crippen LogP contribution in [0.5, 0.6) is 0 Å². The first-order chi connectivity index (χ1) is 4.93. The van der Waals surface area contributed by atoms with Crippen molar-refractivity contribution in [2.24, 2.45) is 0 Å². The smallest absolute Gasteiger partial charge is 0.0716 e. The maximum atomic E-state index is 5.11. The van der Waals surface area contributed by atoms with Gasteiger partial charge in [0.15, 0.2) is 0 Å². The lowest BCUT2D eigenvalue weighted by molar-refractivity contribution is 0.147. The minimum atomic E-state index is 0.537. The molecule has 0 unspecified atom stereocenters. The van der Waals surface area contributed by atoms with E-state index in [0.717, 1.165) is 0 Å². The summed E-state index contributed by atoms with van der Waals surface area (Å²) in [5.74, 6) is 0. The van der Waals surface area contributed by atoms with Crippen molar-refractivity contribution in [2.45, 2.75) is 6.61 Å². The first kappa shape index (κ1) is 7.29. The van der Waals surface area contributed by atoms with Crippen molar-refractivity contribution in [3.05, 3.63) is 42.8 Å². The fraction of sp³-hybridized carbons (Fsp3) is 0.222.